The van der Waals surface area contributed by atoms with E-state index in [1.807, 2.05) is 12.1 Å². The largest absolute Gasteiger partial charge is 0.493 e. The Morgan fingerprint density at radius 2 is 1.71 bits per heavy atom. The molecule has 0 aliphatic rings. The predicted molar refractivity (Wildman–Crippen MR) is 131 cm³/mol. The molecule has 5 nitrogen and oxygen atoms in total. The zero-order valence-corrected chi connectivity index (χ0v) is 19.5. The zero-order valence-electron chi connectivity index (χ0n) is 18.7. The van der Waals surface area contributed by atoms with E-state index < -0.39 is 0 Å². The van der Waals surface area contributed by atoms with E-state index in [-0.39, 0.29) is 10.6 Å². The average molecular weight is 443 g/mol. The monoisotopic (exact) mass is 442 g/mol. The van der Waals surface area contributed by atoms with Crippen LogP contribution in [-0.2, 0) is 12.8 Å². The Morgan fingerprint density at radius 1 is 1.00 bits per heavy atom. The molecule has 6 heteroatoms. The summed E-state index contributed by atoms with van der Waals surface area (Å²) < 4.78 is 6.06. The summed E-state index contributed by atoms with van der Waals surface area (Å²) in [4.78, 5) is 11.1. The Balaban J connectivity index is 1.94. The van der Waals surface area contributed by atoms with E-state index in [4.69, 9.17) is 17.0 Å². The van der Waals surface area contributed by atoms with Crippen LogP contribution in [0.1, 0.15) is 69.1 Å². The molecule has 0 heterocycles. The number of rotatable bonds is 14. The van der Waals surface area contributed by atoms with Crippen LogP contribution in [0.4, 0.5) is 5.69 Å². The molecule has 0 radical (unpaired) electrons. The number of thiocarbonyl (C=S) groups is 1. The van der Waals surface area contributed by atoms with Crippen molar-refractivity contribution in [3.05, 3.63) is 69.3 Å². The maximum absolute atomic E-state index is 10.8. The van der Waals surface area contributed by atoms with E-state index in [9.17, 15) is 10.1 Å². The maximum atomic E-state index is 10.8. The highest BCUT2D eigenvalue weighted by molar-refractivity contribution is 7.80. The second kappa shape index (κ2) is 13.8. The number of aryl methyl sites for hydroxylation is 1. The van der Waals surface area contributed by atoms with E-state index in [0.717, 1.165) is 54.2 Å². The molecule has 0 atom stereocenters. The Bertz CT molecular complexity index is 837. The van der Waals surface area contributed by atoms with Gasteiger partial charge in [0.2, 0.25) is 0 Å². The van der Waals surface area contributed by atoms with Crippen molar-refractivity contribution in [3.63, 3.8) is 0 Å². The number of unbranched alkanes of at least 4 members (excludes halogenated alkanes) is 4. The summed E-state index contributed by atoms with van der Waals surface area (Å²) in [5.41, 5.74) is 3.38. The first-order chi connectivity index (χ1) is 15.0. The van der Waals surface area contributed by atoms with Gasteiger partial charge in [-0.3, -0.25) is 10.1 Å². The molecule has 0 amide bonds. The molecule has 0 saturated carbocycles. The van der Waals surface area contributed by atoms with E-state index in [1.165, 1.54) is 43.4 Å². The molecule has 168 valence electrons. The van der Waals surface area contributed by atoms with E-state index >= 15 is 0 Å². The molecule has 0 unspecified atom stereocenters. The fourth-order valence-electron chi connectivity index (χ4n) is 3.36. The summed E-state index contributed by atoms with van der Waals surface area (Å²) in [5, 5.41) is 14.1. The Labute approximate surface area is 191 Å². The van der Waals surface area contributed by atoms with Crippen LogP contribution < -0.4 is 10.1 Å². The van der Waals surface area contributed by atoms with Gasteiger partial charge in [-0.1, -0.05) is 63.9 Å². The van der Waals surface area contributed by atoms with Crippen LogP contribution in [0.3, 0.4) is 0 Å². The lowest BCUT2D eigenvalue weighted by molar-refractivity contribution is -0.384. The third-order valence-corrected chi connectivity index (χ3v) is 5.60. The number of ether oxygens (including phenoxy) is 1. The molecular formula is C25H34N2O3S. The number of nitro groups is 1. The summed E-state index contributed by atoms with van der Waals surface area (Å²) in [7, 11) is 0. The summed E-state index contributed by atoms with van der Waals surface area (Å²) >= 11 is 5.61. The molecule has 0 spiro atoms. The van der Waals surface area contributed by atoms with Crippen molar-refractivity contribution >= 4 is 22.9 Å². The number of benzene rings is 2. The van der Waals surface area contributed by atoms with Crippen LogP contribution in [0.5, 0.6) is 5.75 Å². The highest BCUT2D eigenvalue weighted by Gasteiger charge is 2.09. The van der Waals surface area contributed by atoms with Crippen LogP contribution in [0.2, 0.25) is 0 Å². The van der Waals surface area contributed by atoms with Crippen molar-refractivity contribution in [1.82, 2.24) is 5.32 Å². The van der Waals surface area contributed by atoms with Gasteiger partial charge in [0.15, 0.2) is 0 Å². The van der Waals surface area contributed by atoms with Crippen LogP contribution in [0.15, 0.2) is 42.5 Å². The summed E-state index contributed by atoms with van der Waals surface area (Å²) in [6, 6.07) is 12.9. The number of hydrogen-bond donors (Lipinski definition) is 1. The Kier molecular flexibility index (Phi) is 11.0. The van der Waals surface area contributed by atoms with Crippen molar-refractivity contribution < 1.29 is 9.66 Å². The third kappa shape index (κ3) is 8.66. The van der Waals surface area contributed by atoms with Gasteiger partial charge in [-0.2, -0.15) is 0 Å². The van der Waals surface area contributed by atoms with Crippen molar-refractivity contribution in [2.75, 3.05) is 13.2 Å². The molecule has 0 aliphatic carbocycles. The lowest BCUT2D eigenvalue weighted by Gasteiger charge is -2.15. The van der Waals surface area contributed by atoms with E-state index in [0.29, 0.717) is 6.54 Å². The highest BCUT2D eigenvalue weighted by atomic mass is 32.1. The van der Waals surface area contributed by atoms with E-state index in [2.05, 4.69) is 25.2 Å². The first-order valence-electron chi connectivity index (χ1n) is 11.3. The maximum Gasteiger partial charge on any atom is 0.269 e. The smallest absolute Gasteiger partial charge is 0.269 e. The number of non-ortho nitro benzene ring substituents is 1. The van der Waals surface area contributed by atoms with Gasteiger partial charge in [-0.05, 0) is 55.0 Å². The minimum absolute atomic E-state index is 0.111. The molecule has 0 saturated heterocycles. The summed E-state index contributed by atoms with van der Waals surface area (Å²) in [5.74, 6) is 0.977. The average Bonchev–Trinajstić information content (AvgIpc) is 2.77. The lowest BCUT2D eigenvalue weighted by atomic mass is 10.0. The quantitative estimate of drug-likeness (QED) is 0.159. The van der Waals surface area contributed by atoms with Crippen LogP contribution >= 0.6 is 12.2 Å². The molecule has 0 aromatic heterocycles. The molecule has 2 aromatic rings. The second-order valence-electron chi connectivity index (χ2n) is 7.76. The number of nitrogens with zero attached hydrogens (tertiary/aromatic N) is 1. The number of hydrogen-bond acceptors (Lipinski definition) is 4. The van der Waals surface area contributed by atoms with Gasteiger partial charge >= 0.3 is 0 Å². The minimum Gasteiger partial charge on any atom is -0.493 e. The van der Waals surface area contributed by atoms with Crippen LogP contribution in [0, 0.1) is 10.1 Å². The third-order valence-electron chi connectivity index (χ3n) is 5.22. The second-order valence-corrected chi connectivity index (χ2v) is 8.17. The van der Waals surface area contributed by atoms with E-state index in [1.54, 1.807) is 12.1 Å². The summed E-state index contributed by atoms with van der Waals surface area (Å²) in [6.07, 6.45) is 8.74. The Hall–Kier alpha value is -2.47. The molecular weight excluding hydrogens is 408 g/mol. The van der Waals surface area contributed by atoms with Gasteiger partial charge in [0.1, 0.15) is 10.7 Å². The minimum atomic E-state index is -0.383. The number of nitro benzene ring substituents is 1. The molecule has 0 bridgehead atoms. The topological polar surface area (TPSA) is 64.4 Å². The van der Waals surface area contributed by atoms with Gasteiger partial charge in [-0.25, -0.2) is 0 Å². The molecule has 0 aliphatic heterocycles. The Morgan fingerprint density at radius 3 is 2.39 bits per heavy atom. The first kappa shape index (κ1) is 24.8. The van der Waals surface area contributed by atoms with Gasteiger partial charge in [0, 0.05) is 24.2 Å². The van der Waals surface area contributed by atoms with Gasteiger partial charge in [-0.15, -0.1) is 0 Å². The standard InChI is InChI=1S/C25H34N2O3S/c1-3-5-7-9-21-19-22(12-15-24(21)30-18-8-6-4-2)25(31)26-17-16-20-10-13-23(14-11-20)27(28)29/h10-15,19H,3-9,16-18H2,1-2H3,(H,26,31). The lowest BCUT2D eigenvalue weighted by Crippen LogP contribution is -2.24. The van der Waals surface area contributed by atoms with Crippen molar-refractivity contribution in [2.45, 2.75) is 65.2 Å². The van der Waals surface area contributed by atoms with Crippen molar-refractivity contribution in [3.8, 4) is 5.75 Å². The SMILES string of the molecule is CCCCCOc1ccc(C(=S)NCCc2ccc([N+](=O)[O-])cc2)cc1CCCCC. The van der Waals surface area contributed by atoms with Crippen molar-refractivity contribution in [1.29, 1.82) is 0 Å². The molecule has 2 aromatic carbocycles. The molecule has 31 heavy (non-hydrogen) atoms. The van der Waals surface area contributed by atoms with Gasteiger partial charge < -0.3 is 10.1 Å². The fraction of sp³-hybridized carbons (Fsp3) is 0.480. The summed E-state index contributed by atoms with van der Waals surface area (Å²) in [6.45, 7) is 5.84. The molecule has 1 N–H and O–H groups in total. The molecule has 0 fully saturated rings. The number of nitrogens with one attached hydrogen (secondary N) is 1. The molecule has 2 rings (SSSR count). The fourth-order valence-corrected chi connectivity index (χ4v) is 3.59. The zero-order chi connectivity index (χ0) is 22.5. The van der Waals surface area contributed by atoms with Crippen LogP contribution in [0.25, 0.3) is 0 Å². The predicted octanol–water partition coefficient (Wildman–Crippen LogP) is 6.40. The first-order valence-corrected chi connectivity index (χ1v) is 11.7. The van der Waals surface area contributed by atoms with Gasteiger partial charge in [0.05, 0.1) is 11.5 Å². The van der Waals surface area contributed by atoms with Crippen molar-refractivity contribution in [2.24, 2.45) is 0 Å². The van der Waals surface area contributed by atoms with Gasteiger partial charge in [0.25, 0.3) is 5.69 Å². The highest BCUT2D eigenvalue weighted by Crippen LogP contribution is 2.23. The van der Waals surface area contributed by atoms with Crippen LogP contribution in [-0.4, -0.2) is 23.1 Å². The normalized spacial score (nSPS) is 10.6.